The van der Waals surface area contributed by atoms with Gasteiger partial charge in [0.15, 0.2) is 0 Å². The molecule has 88 valence electrons. The molecule has 5 heteroatoms. The van der Waals surface area contributed by atoms with E-state index in [1.807, 2.05) is 0 Å². The molecule has 1 unspecified atom stereocenters. The summed E-state index contributed by atoms with van der Waals surface area (Å²) < 4.78 is 24.1. The molecule has 0 fully saturated rings. The maximum Gasteiger partial charge on any atom is 1.00 e. The molecule has 0 saturated heterocycles. The molecule has 3 nitrogen and oxygen atoms in total. The van der Waals surface area contributed by atoms with E-state index < -0.39 is 11.4 Å². The maximum absolute atomic E-state index is 8.56. The van der Waals surface area contributed by atoms with Crippen LogP contribution in [0.1, 0.15) is 65.2 Å². The summed E-state index contributed by atoms with van der Waals surface area (Å²) in [6.45, 7) is 4.54. The fourth-order valence-electron chi connectivity index (χ4n) is 1.21. The topological polar surface area (TPSA) is 60.4 Å². The normalized spacial score (nSPS) is 10.9. The molecule has 0 bridgehead atoms. The van der Waals surface area contributed by atoms with Gasteiger partial charge in [-0.1, -0.05) is 65.2 Å². The van der Waals surface area contributed by atoms with Crippen LogP contribution >= 0.6 is 0 Å². The van der Waals surface area contributed by atoms with E-state index in [2.05, 4.69) is 13.8 Å². The molecule has 0 spiro atoms. The Morgan fingerprint density at radius 2 is 1.13 bits per heavy atom. The standard InChI is InChI=1S/C10H22.K.H2O3S/c1-3-5-7-9-10-8-6-4-2;;1-4(2)3/h3-10H2,1-2H3;;(H2,1,2,3)/q;+1;/p-1. The average molecular weight is 262 g/mol. The van der Waals surface area contributed by atoms with E-state index in [4.69, 9.17) is 13.3 Å². The Morgan fingerprint density at radius 3 is 1.33 bits per heavy atom. The van der Waals surface area contributed by atoms with Gasteiger partial charge in [-0.15, -0.1) is 0 Å². The number of hydrogen-bond acceptors (Lipinski definition) is 2. The molecule has 0 aromatic heterocycles. The third-order valence-corrected chi connectivity index (χ3v) is 1.96. The van der Waals surface area contributed by atoms with Gasteiger partial charge in [-0.05, 0) is 0 Å². The Bertz CT molecular complexity index is 111. The van der Waals surface area contributed by atoms with Gasteiger partial charge in [-0.2, -0.15) is 0 Å². The predicted molar refractivity (Wildman–Crippen MR) is 59.8 cm³/mol. The van der Waals surface area contributed by atoms with E-state index in [1.54, 1.807) is 0 Å². The quantitative estimate of drug-likeness (QED) is 0.413. The molecule has 0 radical (unpaired) electrons. The van der Waals surface area contributed by atoms with E-state index in [1.165, 1.54) is 51.4 Å². The minimum absolute atomic E-state index is 0. The zero-order chi connectivity index (χ0) is 11.2. The van der Waals surface area contributed by atoms with Crippen molar-refractivity contribution >= 4 is 11.4 Å². The molecule has 0 rings (SSSR count). The summed E-state index contributed by atoms with van der Waals surface area (Å²) >= 11 is -2.86. The largest absolute Gasteiger partial charge is 1.00 e. The van der Waals surface area contributed by atoms with Crippen molar-refractivity contribution < 1.29 is 64.7 Å². The smallest absolute Gasteiger partial charge is 0.750 e. The van der Waals surface area contributed by atoms with Crippen molar-refractivity contribution in [1.82, 2.24) is 0 Å². The van der Waals surface area contributed by atoms with Crippen LogP contribution in [0.5, 0.6) is 0 Å². The van der Waals surface area contributed by atoms with Crippen LogP contribution in [0, 0.1) is 0 Å². The monoisotopic (exact) mass is 262 g/mol. The van der Waals surface area contributed by atoms with Crippen molar-refractivity contribution in [3.8, 4) is 0 Å². The van der Waals surface area contributed by atoms with E-state index in [-0.39, 0.29) is 51.4 Å². The number of rotatable bonds is 7. The van der Waals surface area contributed by atoms with Gasteiger partial charge in [0.2, 0.25) is 0 Å². The van der Waals surface area contributed by atoms with Crippen molar-refractivity contribution in [1.29, 1.82) is 0 Å². The summed E-state index contributed by atoms with van der Waals surface area (Å²) in [6.07, 6.45) is 11.5. The van der Waals surface area contributed by atoms with E-state index >= 15 is 0 Å². The van der Waals surface area contributed by atoms with Crippen LogP contribution in [0.15, 0.2) is 0 Å². The third-order valence-electron chi connectivity index (χ3n) is 1.96. The van der Waals surface area contributed by atoms with Gasteiger partial charge in [0.05, 0.1) is 11.4 Å². The zero-order valence-electron chi connectivity index (χ0n) is 10.3. The molecule has 15 heavy (non-hydrogen) atoms. The summed E-state index contributed by atoms with van der Waals surface area (Å²) in [7, 11) is 0. The minimum atomic E-state index is -2.86. The van der Waals surface area contributed by atoms with Crippen molar-refractivity contribution in [2.45, 2.75) is 65.2 Å². The van der Waals surface area contributed by atoms with Crippen LogP contribution in [0.2, 0.25) is 0 Å². The Morgan fingerprint density at radius 1 is 0.933 bits per heavy atom. The van der Waals surface area contributed by atoms with Gasteiger partial charge < -0.3 is 9.11 Å². The molecule has 0 aliphatic carbocycles. The molecule has 0 aromatic rings. The molecule has 1 atom stereocenters. The molecule has 0 aromatic carbocycles. The van der Waals surface area contributed by atoms with Crippen LogP contribution in [0.3, 0.4) is 0 Å². The maximum atomic E-state index is 8.56. The molecule has 0 amide bonds. The fourth-order valence-corrected chi connectivity index (χ4v) is 1.21. The molecule has 0 aliphatic rings. The zero-order valence-corrected chi connectivity index (χ0v) is 14.3. The molecule has 0 aliphatic heterocycles. The van der Waals surface area contributed by atoms with E-state index in [0.717, 1.165) is 0 Å². The van der Waals surface area contributed by atoms with Crippen LogP contribution in [-0.2, 0) is 11.4 Å². The van der Waals surface area contributed by atoms with Crippen molar-refractivity contribution in [3.05, 3.63) is 0 Å². The number of hydrogen-bond donors (Lipinski definition) is 1. The van der Waals surface area contributed by atoms with Gasteiger partial charge in [-0.25, -0.2) is 4.21 Å². The summed E-state index contributed by atoms with van der Waals surface area (Å²) in [5, 5.41) is 0. The fraction of sp³-hybridized carbons (Fsp3) is 1.00. The Kier molecular flexibility index (Phi) is 30.8. The van der Waals surface area contributed by atoms with Gasteiger partial charge in [0.1, 0.15) is 0 Å². The molecule has 0 heterocycles. The molecule has 0 saturated carbocycles. The van der Waals surface area contributed by atoms with Crippen molar-refractivity contribution in [2.75, 3.05) is 0 Å². The second-order valence-corrected chi connectivity index (χ2v) is 3.77. The van der Waals surface area contributed by atoms with Crippen molar-refractivity contribution in [3.63, 3.8) is 0 Å². The Balaban J connectivity index is -0.000000249. The first-order valence-electron chi connectivity index (χ1n) is 5.43. The van der Waals surface area contributed by atoms with E-state index in [0.29, 0.717) is 0 Å². The van der Waals surface area contributed by atoms with Gasteiger partial charge >= 0.3 is 51.4 Å². The van der Waals surface area contributed by atoms with E-state index in [9.17, 15) is 0 Å². The van der Waals surface area contributed by atoms with Crippen LogP contribution in [-0.4, -0.2) is 13.3 Å². The van der Waals surface area contributed by atoms with Gasteiger partial charge in [0, 0.05) is 0 Å². The molecular formula is C10H23KO3S. The molecular weight excluding hydrogens is 239 g/mol. The summed E-state index contributed by atoms with van der Waals surface area (Å²) in [6, 6.07) is 0. The summed E-state index contributed by atoms with van der Waals surface area (Å²) in [5.74, 6) is 0. The van der Waals surface area contributed by atoms with Gasteiger partial charge in [-0.3, -0.25) is 0 Å². The Labute approximate surface area is 139 Å². The predicted octanol–water partition coefficient (Wildman–Crippen LogP) is 0.490. The average Bonchev–Trinajstić information content (AvgIpc) is 2.10. The van der Waals surface area contributed by atoms with Crippen LogP contribution in [0.4, 0.5) is 0 Å². The second kappa shape index (κ2) is 21.0. The molecule has 1 N–H and O–H groups in total. The van der Waals surface area contributed by atoms with Crippen molar-refractivity contribution in [2.24, 2.45) is 0 Å². The first kappa shape index (κ1) is 21.9. The third kappa shape index (κ3) is 38.9. The summed E-state index contributed by atoms with van der Waals surface area (Å²) in [5.41, 5.74) is 0. The minimum Gasteiger partial charge on any atom is -0.750 e. The number of unbranched alkanes of at least 4 members (excludes halogenated alkanes) is 7. The van der Waals surface area contributed by atoms with Crippen LogP contribution in [0.25, 0.3) is 0 Å². The van der Waals surface area contributed by atoms with Crippen LogP contribution < -0.4 is 51.4 Å². The first-order valence-corrected chi connectivity index (χ1v) is 6.46. The van der Waals surface area contributed by atoms with Gasteiger partial charge in [0.25, 0.3) is 0 Å². The Hall–Kier alpha value is 1.71. The second-order valence-electron chi connectivity index (χ2n) is 3.34. The first-order chi connectivity index (χ1) is 6.65. The summed E-state index contributed by atoms with van der Waals surface area (Å²) in [4.78, 5) is 0. The SMILES string of the molecule is CCCCCCCCCC.O=S([O-])O.[K+].